The number of nitrogens with one attached hydrogen (secondary N) is 3. The van der Waals surface area contributed by atoms with E-state index in [1.165, 1.54) is 64.2 Å². The third-order valence-electron chi connectivity index (χ3n) is 6.91. The molecule has 0 saturated carbocycles. The van der Waals surface area contributed by atoms with Crippen LogP contribution in [-0.2, 0) is 19.2 Å². The monoisotopic (exact) mass is 651 g/mol. The highest BCUT2D eigenvalue weighted by atomic mass is 127. The number of aliphatic carboxylic acids is 1. The standard InChI is InChI=1S/C29H54IN3O5/c1-3-5-6-7-8-9-10-11-12-13-14-15-16-20-28(36)32-25(29(37)38)21-22-27(35)31-23-18-17-19-24(33-30)26(34)4-2/h24-25,33H,3-23H2,1-2H3,(H,31,35)(H,32,36)(H,37,38)/t24-,25-/m0/s1. The number of Topliss-reactive ketones (excluding diaryl/α,β-unsaturated/α-hetero) is 1. The first-order valence-corrected chi connectivity index (χ1v) is 16.1. The van der Waals surface area contributed by atoms with Crippen LogP contribution >= 0.6 is 22.9 Å². The van der Waals surface area contributed by atoms with Gasteiger partial charge in [-0.3, -0.25) is 17.9 Å². The SMILES string of the molecule is CCCCCCCCCCCCCCCC(=O)N[C@@H](CCC(=O)NCCCC[C@H](NI)C(=O)CC)C(=O)O. The van der Waals surface area contributed by atoms with Crippen molar-refractivity contribution in [3.05, 3.63) is 0 Å². The third kappa shape index (κ3) is 21.7. The molecule has 9 heteroatoms. The second-order valence-corrected chi connectivity index (χ2v) is 10.9. The number of unbranched alkanes of at least 4 members (excludes halogenated alkanes) is 13. The summed E-state index contributed by atoms with van der Waals surface area (Å²) < 4.78 is 2.99. The maximum absolute atomic E-state index is 12.2. The van der Waals surface area contributed by atoms with E-state index in [0.29, 0.717) is 19.4 Å². The fourth-order valence-corrected chi connectivity index (χ4v) is 5.07. The van der Waals surface area contributed by atoms with Crippen LogP contribution in [0, 0.1) is 0 Å². The summed E-state index contributed by atoms with van der Waals surface area (Å²) >= 11 is 1.99. The predicted octanol–water partition coefficient (Wildman–Crippen LogP) is 6.39. The molecule has 0 saturated heterocycles. The van der Waals surface area contributed by atoms with E-state index in [2.05, 4.69) is 21.1 Å². The van der Waals surface area contributed by atoms with E-state index in [1.807, 2.05) is 29.8 Å². The van der Waals surface area contributed by atoms with Gasteiger partial charge in [0, 0.05) is 48.7 Å². The number of hydrogen-bond acceptors (Lipinski definition) is 5. The van der Waals surface area contributed by atoms with E-state index in [1.54, 1.807) is 0 Å². The van der Waals surface area contributed by atoms with E-state index >= 15 is 0 Å². The Labute approximate surface area is 245 Å². The molecule has 0 bridgehead atoms. The van der Waals surface area contributed by atoms with Gasteiger partial charge in [-0.1, -0.05) is 90.9 Å². The van der Waals surface area contributed by atoms with Crippen molar-refractivity contribution in [2.24, 2.45) is 0 Å². The summed E-state index contributed by atoms with van der Waals surface area (Å²) in [7, 11) is 0. The zero-order chi connectivity index (χ0) is 28.4. The predicted molar refractivity (Wildman–Crippen MR) is 162 cm³/mol. The average molecular weight is 652 g/mol. The number of rotatable bonds is 27. The Hall–Kier alpha value is -1.23. The lowest BCUT2D eigenvalue weighted by molar-refractivity contribution is -0.142. The van der Waals surface area contributed by atoms with Gasteiger partial charge in [0.25, 0.3) is 0 Å². The molecule has 0 aliphatic carbocycles. The smallest absolute Gasteiger partial charge is 0.326 e. The minimum Gasteiger partial charge on any atom is -0.480 e. The Balaban J connectivity index is 3.85. The van der Waals surface area contributed by atoms with Gasteiger partial charge in [0.15, 0.2) is 0 Å². The molecular formula is C29H54IN3O5. The Morgan fingerprint density at radius 1 is 0.658 bits per heavy atom. The second kappa shape index (κ2) is 26.0. The van der Waals surface area contributed by atoms with Gasteiger partial charge < -0.3 is 15.7 Å². The van der Waals surface area contributed by atoms with Crippen LogP contribution in [0.25, 0.3) is 0 Å². The zero-order valence-corrected chi connectivity index (χ0v) is 26.1. The van der Waals surface area contributed by atoms with Crippen molar-refractivity contribution in [1.29, 1.82) is 0 Å². The summed E-state index contributed by atoms with van der Waals surface area (Å²) in [6.45, 7) is 4.57. The fraction of sp³-hybridized carbons (Fsp3) is 0.862. The summed E-state index contributed by atoms with van der Waals surface area (Å²) in [5, 5.41) is 14.8. The van der Waals surface area contributed by atoms with E-state index in [-0.39, 0.29) is 36.5 Å². The number of halogens is 1. The molecule has 222 valence electrons. The van der Waals surface area contributed by atoms with Gasteiger partial charge in [0.1, 0.15) is 11.8 Å². The lowest BCUT2D eigenvalue weighted by Crippen LogP contribution is -2.41. The number of carboxylic acid groups (broad SMARTS) is 1. The van der Waals surface area contributed by atoms with Gasteiger partial charge in [-0.15, -0.1) is 0 Å². The van der Waals surface area contributed by atoms with Crippen LogP contribution in [-0.4, -0.2) is 47.3 Å². The maximum atomic E-state index is 12.2. The largest absolute Gasteiger partial charge is 0.480 e. The lowest BCUT2D eigenvalue weighted by atomic mass is 10.0. The number of hydrogen-bond donors (Lipinski definition) is 4. The fourth-order valence-electron chi connectivity index (χ4n) is 4.42. The molecule has 0 aliphatic heterocycles. The molecule has 4 N–H and O–H groups in total. The quantitative estimate of drug-likeness (QED) is 0.0464. The molecule has 2 atom stereocenters. The molecule has 0 radical (unpaired) electrons. The van der Waals surface area contributed by atoms with Gasteiger partial charge in [-0.25, -0.2) is 4.79 Å². The molecule has 0 aromatic rings. The van der Waals surface area contributed by atoms with Crippen LogP contribution in [0.3, 0.4) is 0 Å². The molecule has 8 nitrogen and oxygen atoms in total. The molecule has 38 heavy (non-hydrogen) atoms. The number of carboxylic acids is 1. The van der Waals surface area contributed by atoms with Gasteiger partial charge in [0.2, 0.25) is 11.8 Å². The second-order valence-electron chi connectivity index (χ2n) is 10.3. The molecule has 0 fully saturated rings. The highest BCUT2D eigenvalue weighted by molar-refractivity contribution is 14.1. The number of carbonyl (C=O) groups is 4. The number of amides is 2. The summed E-state index contributed by atoms with van der Waals surface area (Å²) in [5.41, 5.74) is 0. The first-order chi connectivity index (χ1) is 18.3. The first kappa shape index (κ1) is 36.8. The van der Waals surface area contributed by atoms with Gasteiger partial charge >= 0.3 is 5.97 Å². The van der Waals surface area contributed by atoms with Crippen LogP contribution in [0.2, 0.25) is 0 Å². The molecule has 0 spiro atoms. The molecule has 0 rings (SSSR count). The molecule has 0 aromatic heterocycles. The first-order valence-electron chi connectivity index (χ1n) is 15.0. The summed E-state index contributed by atoms with van der Waals surface area (Å²) in [6.07, 6.45) is 19.2. The van der Waals surface area contributed by atoms with Gasteiger partial charge in [-0.05, 0) is 32.1 Å². The third-order valence-corrected chi connectivity index (χ3v) is 7.66. The number of carbonyl (C=O) groups excluding carboxylic acids is 3. The molecule has 2 amide bonds. The molecule has 0 unspecified atom stereocenters. The summed E-state index contributed by atoms with van der Waals surface area (Å²) in [4.78, 5) is 47.6. The minimum atomic E-state index is -1.12. The normalized spacial score (nSPS) is 12.6. The van der Waals surface area contributed by atoms with Crippen LogP contribution in [0.1, 0.15) is 142 Å². The van der Waals surface area contributed by atoms with Crippen molar-refractivity contribution in [3.63, 3.8) is 0 Å². The molecular weight excluding hydrogens is 597 g/mol. The van der Waals surface area contributed by atoms with Crippen LogP contribution in [0.5, 0.6) is 0 Å². The highest BCUT2D eigenvalue weighted by Crippen LogP contribution is 2.13. The Kier molecular flexibility index (Phi) is 25.2. The van der Waals surface area contributed by atoms with Crippen LogP contribution in [0.4, 0.5) is 0 Å². The zero-order valence-electron chi connectivity index (χ0n) is 24.0. The maximum Gasteiger partial charge on any atom is 0.326 e. The van der Waals surface area contributed by atoms with E-state index < -0.39 is 12.0 Å². The molecule has 0 aromatic carbocycles. The van der Waals surface area contributed by atoms with Crippen LogP contribution < -0.4 is 14.2 Å². The van der Waals surface area contributed by atoms with Crippen molar-refractivity contribution in [3.8, 4) is 0 Å². The topological polar surface area (TPSA) is 125 Å². The number of ketones is 1. The Morgan fingerprint density at radius 2 is 1.21 bits per heavy atom. The van der Waals surface area contributed by atoms with Crippen LogP contribution in [0.15, 0.2) is 0 Å². The van der Waals surface area contributed by atoms with E-state index in [4.69, 9.17) is 0 Å². The minimum absolute atomic E-state index is 0.0439. The summed E-state index contributed by atoms with van der Waals surface area (Å²) in [5.74, 6) is -1.43. The van der Waals surface area contributed by atoms with Crippen molar-refractivity contribution in [1.82, 2.24) is 14.2 Å². The van der Waals surface area contributed by atoms with Gasteiger partial charge in [-0.2, -0.15) is 0 Å². The van der Waals surface area contributed by atoms with Crippen molar-refractivity contribution in [2.45, 2.75) is 154 Å². The molecule has 0 aliphatic rings. The van der Waals surface area contributed by atoms with E-state index in [9.17, 15) is 24.3 Å². The highest BCUT2D eigenvalue weighted by Gasteiger charge is 2.21. The van der Waals surface area contributed by atoms with Gasteiger partial charge in [0.05, 0.1) is 6.04 Å². The van der Waals surface area contributed by atoms with Crippen molar-refractivity contribution >= 4 is 46.4 Å². The molecule has 0 heterocycles. The van der Waals surface area contributed by atoms with Crippen molar-refractivity contribution < 1.29 is 24.3 Å². The summed E-state index contributed by atoms with van der Waals surface area (Å²) in [6, 6.07) is -1.21. The Morgan fingerprint density at radius 3 is 1.71 bits per heavy atom. The van der Waals surface area contributed by atoms with Crippen molar-refractivity contribution in [2.75, 3.05) is 6.54 Å². The average Bonchev–Trinajstić information content (AvgIpc) is 2.90. The Bertz CT molecular complexity index is 648. The van der Waals surface area contributed by atoms with E-state index in [0.717, 1.165) is 38.5 Å². The lowest BCUT2D eigenvalue weighted by Gasteiger charge is -2.15.